The predicted octanol–water partition coefficient (Wildman–Crippen LogP) is 5.26. The van der Waals surface area contributed by atoms with E-state index >= 15 is 0 Å². The lowest BCUT2D eigenvalue weighted by Gasteiger charge is -2.07. The number of hydrogen-bond acceptors (Lipinski definition) is 4. The highest BCUT2D eigenvalue weighted by atomic mass is 35.5. The van der Waals surface area contributed by atoms with Crippen molar-refractivity contribution in [2.75, 3.05) is 0 Å². The first-order valence-electron chi connectivity index (χ1n) is 8.38. The van der Waals surface area contributed by atoms with Crippen molar-refractivity contribution in [2.45, 2.75) is 11.5 Å². The Hall–Kier alpha value is -3.07. The van der Waals surface area contributed by atoms with E-state index in [1.54, 1.807) is 54.6 Å². The molecule has 0 saturated heterocycles. The van der Waals surface area contributed by atoms with E-state index in [2.05, 4.69) is 0 Å². The van der Waals surface area contributed by atoms with Gasteiger partial charge < -0.3 is 4.74 Å². The molecule has 4 nitrogen and oxygen atoms in total. The zero-order chi connectivity index (χ0) is 20.0. The fourth-order valence-electron chi connectivity index (χ4n) is 2.50. The van der Waals surface area contributed by atoms with E-state index in [9.17, 15) is 13.7 Å². The molecule has 0 radical (unpaired) electrons. The topological polar surface area (TPSA) is 67.2 Å². The number of hydrogen-bond donors (Lipinski definition) is 0. The van der Waals surface area contributed by atoms with Crippen LogP contribution in [0.15, 0.2) is 88.7 Å². The molecule has 3 rings (SSSR count). The van der Waals surface area contributed by atoms with Gasteiger partial charge in [-0.25, -0.2) is 8.42 Å². The van der Waals surface area contributed by atoms with Crippen molar-refractivity contribution in [2.24, 2.45) is 0 Å². The smallest absolute Gasteiger partial charge is 0.216 e. The van der Waals surface area contributed by atoms with E-state index in [0.717, 1.165) is 5.56 Å². The van der Waals surface area contributed by atoms with Crippen LogP contribution >= 0.6 is 11.6 Å². The van der Waals surface area contributed by atoms with E-state index in [-0.39, 0.29) is 9.80 Å². The van der Waals surface area contributed by atoms with E-state index < -0.39 is 9.84 Å². The summed E-state index contributed by atoms with van der Waals surface area (Å²) in [4.78, 5) is -0.226. The number of benzene rings is 3. The first-order valence-corrected chi connectivity index (χ1v) is 10.2. The van der Waals surface area contributed by atoms with Gasteiger partial charge in [-0.3, -0.25) is 0 Å². The third-order valence-corrected chi connectivity index (χ3v) is 5.84. The van der Waals surface area contributed by atoms with Crippen molar-refractivity contribution in [1.82, 2.24) is 0 Å². The summed E-state index contributed by atoms with van der Waals surface area (Å²) in [5.74, 6) is 0.626. The zero-order valence-corrected chi connectivity index (χ0v) is 16.3. The highest BCUT2D eigenvalue weighted by Crippen LogP contribution is 2.22. The second-order valence-corrected chi connectivity index (χ2v) is 8.28. The van der Waals surface area contributed by atoms with E-state index in [1.165, 1.54) is 18.2 Å². The summed E-state index contributed by atoms with van der Waals surface area (Å²) >= 11 is 5.95. The van der Waals surface area contributed by atoms with Crippen LogP contribution in [0.25, 0.3) is 6.08 Å². The molecule has 0 aliphatic rings. The first-order chi connectivity index (χ1) is 13.5. The van der Waals surface area contributed by atoms with E-state index in [4.69, 9.17) is 16.3 Å². The quantitative estimate of drug-likeness (QED) is 0.521. The van der Waals surface area contributed by atoms with Gasteiger partial charge in [0.1, 0.15) is 23.3 Å². The Morgan fingerprint density at radius 1 is 1.00 bits per heavy atom. The Morgan fingerprint density at radius 2 is 1.71 bits per heavy atom. The molecule has 0 aliphatic carbocycles. The SMILES string of the molecule is N#C/C(=C/c1ccc(OCc2cccc(Cl)c2)cc1)S(=O)(=O)c1ccccc1. The van der Waals surface area contributed by atoms with Crippen molar-refractivity contribution < 1.29 is 13.2 Å². The lowest BCUT2D eigenvalue weighted by molar-refractivity contribution is 0.306. The fourth-order valence-corrected chi connectivity index (χ4v) is 3.90. The second-order valence-electron chi connectivity index (χ2n) is 5.92. The molecule has 0 unspecified atom stereocenters. The molecule has 0 aliphatic heterocycles. The number of sulfone groups is 1. The largest absolute Gasteiger partial charge is 0.489 e. The Bertz CT molecular complexity index is 1130. The average Bonchev–Trinajstić information content (AvgIpc) is 2.72. The molecule has 0 N–H and O–H groups in total. The Morgan fingerprint density at radius 3 is 2.36 bits per heavy atom. The number of halogens is 1. The summed E-state index contributed by atoms with van der Waals surface area (Å²) in [6.45, 7) is 0.363. The molecular formula is C22H16ClNO3S. The van der Waals surface area contributed by atoms with Gasteiger partial charge in [0.2, 0.25) is 9.84 Å². The number of nitriles is 1. The van der Waals surface area contributed by atoms with Crippen molar-refractivity contribution in [3.05, 3.63) is 99.9 Å². The van der Waals surface area contributed by atoms with Crippen LogP contribution < -0.4 is 4.74 Å². The first kappa shape index (κ1) is 19.7. The molecule has 0 spiro atoms. The van der Waals surface area contributed by atoms with Crippen LogP contribution in [-0.2, 0) is 16.4 Å². The molecule has 0 aromatic heterocycles. The summed E-state index contributed by atoms with van der Waals surface area (Å²) in [6.07, 6.45) is 1.35. The summed E-state index contributed by atoms with van der Waals surface area (Å²) in [5.41, 5.74) is 1.53. The van der Waals surface area contributed by atoms with Crippen LogP contribution in [-0.4, -0.2) is 8.42 Å². The standard InChI is InChI=1S/C22H16ClNO3S/c23-19-6-4-5-18(13-19)16-27-20-11-9-17(10-12-20)14-22(15-24)28(25,26)21-7-2-1-3-8-21/h1-14H,16H2/b22-14-. The van der Waals surface area contributed by atoms with Gasteiger partial charge in [-0.2, -0.15) is 5.26 Å². The monoisotopic (exact) mass is 409 g/mol. The highest BCUT2D eigenvalue weighted by molar-refractivity contribution is 7.95. The minimum atomic E-state index is -3.85. The van der Waals surface area contributed by atoms with Crippen LogP contribution in [0.3, 0.4) is 0 Å². The minimum Gasteiger partial charge on any atom is -0.489 e. The maximum absolute atomic E-state index is 12.6. The van der Waals surface area contributed by atoms with Crippen molar-refractivity contribution in [1.29, 1.82) is 5.26 Å². The van der Waals surface area contributed by atoms with E-state index in [0.29, 0.717) is 22.9 Å². The molecule has 28 heavy (non-hydrogen) atoms. The Balaban J connectivity index is 1.76. The predicted molar refractivity (Wildman–Crippen MR) is 109 cm³/mol. The molecule has 0 fully saturated rings. The van der Waals surface area contributed by atoms with Crippen molar-refractivity contribution in [3.63, 3.8) is 0 Å². The summed E-state index contributed by atoms with van der Waals surface area (Å²) in [5, 5.41) is 9.98. The van der Waals surface area contributed by atoms with Gasteiger partial charge in [-0.05, 0) is 53.6 Å². The van der Waals surface area contributed by atoms with Gasteiger partial charge in [-0.1, -0.05) is 54.1 Å². The van der Waals surface area contributed by atoms with Crippen LogP contribution in [0.1, 0.15) is 11.1 Å². The Kier molecular flexibility index (Phi) is 6.15. The number of nitrogens with zero attached hydrogens (tertiary/aromatic N) is 1. The van der Waals surface area contributed by atoms with Gasteiger partial charge in [0.05, 0.1) is 4.90 Å². The molecule has 0 amide bonds. The van der Waals surface area contributed by atoms with Crippen LogP contribution in [0.4, 0.5) is 0 Å². The number of allylic oxidation sites excluding steroid dienone is 1. The minimum absolute atomic E-state index is 0.0873. The molecule has 3 aromatic rings. The summed E-state index contributed by atoms with van der Waals surface area (Å²) < 4.78 is 30.9. The average molecular weight is 410 g/mol. The van der Waals surface area contributed by atoms with Gasteiger partial charge in [0.25, 0.3) is 0 Å². The second kappa shape index (κ2) is 8.75. The van der Waals surface area contributed by atoms with Crippen LogP contribution in [0, 0.1) is 11.3 Å². The summed E-state index contributed by atoms with van der Waals surface area (Å²) in [6, 6.07) is 23.9. The molecule has 6 heteroatoms. The van der Waals surface area contributed by atoms with Crippen LogP contribution in [0.2, 0.25) is 5.02 Å². The molecule has 3 aromatic carbocycles. The molecular weight excluding hydrogens is 394 g/mol. The van der Waals surface area contributed by atoms with E-state index in [1.807, 2.05) is 18.2 Å². The van der Waals surface area contributed by atoms with Crippen molar-refractivity contribution >= 4 is 27.5 Å². The number of rotatable bonds is 6. The third-order valence-electron chi connectivity index (χ3n) is 3.93. The third kappa shape index (κ3) is 4.80. The maximum atomic E-state index is 12.6. The van der Waals surface area contributed by atoms with Gasteiger partial charge >= 0.3 is 0 Å². The van der Waals surface area contributed by atoms with Crippen LogP contribution in [0.5, 0.6) is 5.75 Å². The molecule has 0 bridgehead atoms. The Labute approximate surface area is 169 Å². The highest BCUT2D eigenvalue weighted by Gasteiger charge is 2.20. The normalized spacial score (nSPS) is 11.6. The van der Waals surface area contributed by atoms with Gasteiger partial charge in [0, 0.05) is 5.02 Å². The molecule has 140 valence electrons. The van der Waals surface area contributed by atoms with Gasteiger partial charge in [0.15, 0.2) is 0 Å². The molecule has 0 saturated carbocycles. The van der Waals surface area contributed by atoms with Gasteiger partial charge in [-0.15, -0.1) is 0 Å². The summed E-state index contributed by atoms with van der Waals surface area (Å²) in [7, 11) is -3.85. The lowest BCUT2D eigenvalue weighted by atomic mass is 10.2. The maximum Gasteiger partial charge on any atom is 0.216 e. The zero-order valence-electron chi connectivity index (χ0n) is 14.7. The van der Waals surface area contributed by atoms with Crippen molar-refractivity contribution in [3.8, 4) is 11.8 Å². The lowest BCUT2D eigenvalue weighted by Crippen LogP contribution is -2.03. The molecule has 0 heterocycles. The molecule has 0 atom stereocenters. The fraction of sp³-hybridized carbons (Fsp3) is 0.0455. The number of ether oxygens (including phenoxy) is 1.